The number of hydrogen-bond donors (Lipinski definition) is 3. The lowest BCUT2D eigenvalue weighted by Gasteiger charge is -2.23. The van der Waals surface area contributed by atoms with Crippen LogP contribution < -0.4 is 15.4 Å². The van der Waals surface area contributed by atoms with Gasteiger partial charge in [-0.2, -0.15) is 0 Å². The molecule has 0 saturated heterocycles. The van der Waals surface area contributed by atoms with Gasteiger partial charge in [-0.25, -0.2) is 18.1 Å². The third-order valence-corrected chi connectivity index (χ3v) is 5.41. The van der Waals surface area contributed by atoms with Crippen molar-refractivity contribution < 1.29 is 8.42 Å². The minimum atomic E-state index is -3.40. The monoisotopic (exact) mass is 382 g/mol. The van der Waals surface area contributed by atoms with Crippen LogP contribution in [-0.4, -0.2) is 34.0 Å². The fourth-order valence-corrected chi connectivity index (χ4v) is 3.07. The molecule has 0 spiro atoms. The van der Waals surface area contributed by atoms with E-state index in [9.17, 15) is 8.42 Å². The third kappa shape index (κ3) is 8.19. The van der Waals surface area contributed by atoms with E-state index in [0.717, 1.165) is 30.9 Å². The molecule has 0 saturated carbocycles. The maximum atomic E-state index is 11.8. The van der Waals surface area contributed by atoms with Crippen molar-refractivity contribution in [1.82, 2.24) is 15.4 Å². The molecule has 3 N–H and O–H groups in total. The van der Waals surface area contributed by atoms with Crippen LogP contribution in [0.3, 0.4) is 0 Å². The summed E-state index contributed by atoms with van der Waals surface area (Å²) in [6.07, 6.45) is 2.21. The number of hydrogen-bond acceptors (Lipinski definition) is 3. The first-order valence-electron chi connectivity index (χ1n) is 9.14. The number of guanidine groups is 1. The van der Waals surface area contributed by atoms with Gasteiger partial charge in [0.05, 0.1) is 11.4 Å². The number of nitrogens with one attached hydrogen (secondary N) is 3. The van der Waals surface area contributed by atoms with E-state index < -0.39 is 10.0 Å². The Morgan fingerprint density at radius 2 is 1.81 bits per heavy atom. The molecule has 0 aromatic heterocycles. The first-order valence-corrected chi connectivity index (χ1v) is 10.6. The average molecular weight is 383 g/mol. The zero-order valence-corrected chi connectivity index (χ0v) is 17.7. The molecule has 1 atom stereocenters. The lowest BCUT2D eigenvalue weighted by Crippen LogP contribution is -2.42. The molecule has 0 heterocycles. The van der Waals surface area contributed by atoms with Crippen molar-refractivity contribution in [3.05, 3.63) is 29.8 Å². The van der Waals surface area contributed by atoms with Crippen molar-refractivity contribution in [2.45, 2.75) is 64.9 Å². The van der Waals surface area contributed by atoms with Gasteiger partial charge in [-0.3, -0.25) is 0 Å². The molecule has 1 rings (SSSR count). The van der Waals surface area contributed by atoms with Gasteiger partial charge in [0, 0.05) is 12.6 Å². The topological polar surface area (TPSA) is 82.6 Å². The Morgan fingerprint density at radius 1 is 1.19 bits per heavy atom. The van der Waals surface area contributed by atoms with Crippen molar-refractivity contribution in [3.63, 3.8) is 0 Å². The van der Waals surface area contributed by atoms with Crippen molar-refractivity contribution in [3.8, 4) is 0 Å². The van der Waals surface area contributed by atoms with Gasteiger partial charge in [0.25, 0.3) is 0 Å². The molecule has 0 radical (unpaired) electrons. The van der Waals surface area contributed by atoms with E-state index in [2.05, 4.69) is 48.0 Å². The molecule has 26 heavy (non-hydrogen) atoms. The zero-order valence-electron chi connectivity index (χ0n) is 16.9. The molecule has 0 bridgehead atoms. The molecule has 1 aromatic rings. The van der Waals surface area contributed by atoms with Crippen LogP contribution in [0.2, 0.25) is 0 Å². The van der Waals surface area contributed by atoms with Gasteiger partial charge < -0.3 is 10.6 Å². The Balaban J connectivity index is 2.71. The highest BCUT2D eigenvalue weighted by atomic mass is 32.2. The SMILES string of the molecule is CCNC(=NCc1ccc(S(=O)(=O)NC)cc1)NC(C)CCC(C)(C)C. The Bertz CT molecular complexity index is 676. The fraction of sp³-hybridized carbons (Fsp3) is 0.632. The third-order valence-electron chi connectivity index (χ3n) is 3.98. The number of nitrogens with zero attached hydrogens (tertiary/aromatic N) is 1. The second-order valence-corrected chi connectivity index (χ2v) is 9.58. The van der Waals surface area contributed by atoms with Gasteiger partial charge in [0.15, 0.2) is 5.96 Å². The van der Waals surface area contributed by atoms with E-state index in [1.807, 2.05) is 6.92 Å². The van der Waals surface area contributed by atoms with Gasteiger partial charge in [-0.1, -0.05) is 32.9 Å². The van der Waals surface area contributed by atoms with Crippen LogP contribution in [0.1, 0.15) is 53.0 Å². The van der Waals surface area contributed by atoms with Crippen molar-refractivity contribution in [2.75, 3.05) is 13.6 Å². The zero-order chi connectivity index (χ0) is 19.8. The lowest BCUT2D eigenvalue weighted by atomic mass is 9.89. The van der Waals surface area contributed by atoms with Gasteiger partial charge >= 0.3 is 0 Å². The van der Waals surface area contributed by atoms with Gasteiger partial charge in [-0.15, -0.1) is 0 Å². The summed E-state index contributed by atoms with van der Waals surface area (Å²) in [4.78, 5) is 4.87. The van der Waals surface area contributed by atoms with Crippen LogP contribution in [-0.2, 0) is 16.6 Å². The standard InChI is InChI=1S/C19H34N4O2S/c1-7-21-18(23-15(2)12-13-19(3,4)5)22-14-16-8-10-17(11-9-16)26(24,25)20-6/h8-11,15,20H,7,12-14H2,1-6H3,(H2,21,22,23). The Morgan fingerprint density at radius 3 is 2.31 bits per heavy atom. The van der Waals surface area contributed by atoms with Gasteiger partial charge in [0.1, 0.15) is 0 Å². The van der Waals surface area contributed by atoms with E-state index in [1.54, 1.807) is 24.3 Å². The number of benzene rings is 1. The molecule has 6 nitrogen and oxygen atoms in total. The second-order valence-electron chi connectivity index (χ2n) is 7.69. The number of rotatable bonds is 8. The quantitative estimate of drug-likeness (QED) is 0.477. The molecule has 0 aliphatic carbocycles. The first kappa shape index (κ1) is 22.4. The van der Waals surface area contributed by atoms with E-state index in [4.69, 9.17) is 0 Å². The molecule has 148 valence electrons. The molecule has 0 fully saturated rings. The normalized spacial score (nSPS) is 14.2. The van der Waals surface area contributed by atoms with Crippen LogP contribution in [0.15, 0.2) is 34.2 Å². The summed E-state index contributed by atoms with van der Waals surface area (Å²) in [5.41, 5.74) is 1.28. The summed E-state index contributed by atoms with van der Waals surface area (Å²) < 4.78 is 25.8. The second kappa shape index (κ2) is 9.92. The number of aliphatic imine (C=N–C) groups is 1. The van der Waals surface area contributed by atoms with Crippen molar-refractivity contribution in [1.29, 1.82) is 0 Å². The first-order chi connectivity index (χ1) is 12.1. The van der Waals surface area contributed by atoms with E-state index in [1.165, 1.54) is 7.05 Å². The average Bonchev–Trinajstić information content (AvgIpc) is 2.58. The lowest BCUT2D eigenvalue weighted by molar-refractivity contribution is 0.346. The largest absolute Gasteiger partial charge is 0.357 e. The highest BCUT2D eigenvalue weighted by Gasteiger charge is 2.13. The van der Waals surface area contributed by atoms with Crippen molar-refractivity contribution in [2.24, 2.45) is 10.4 Å². The highest BCUT2D eigenvalue weighted by Crippen LogP contribution is 2.21. The molecule has 7 heteroatoms. The van der Waals surface area contributed by atoms with Crippen LogP contribution in [0.25, 0.3) is 0 Å². The Hall–Kier alpha value is -1.60. The van der Waals surface area contributed by atoms with Crippen LogP contribution in [0, 0.1) is 5.41 Å². The van der Waals surface area contributed by atoms with Crippen LogP contribution >= 0.6 is 0 Å². The maximum Gasteiger partial charge on any atom is 0.240 e. The van der Waals surface area contributed by atoms with Gasteiger partial charge in [0.2, 0.25) is 10.0 Å². The smallest absolute Gasteiger partial charge is 0.240 e. The molecular weight excluding hydrogens is 348 g/mol. The summed E-state index contributed by atoms with van der Waals surface area (Å²) in [5, 5.41) is 6.70. The minimum absolute atomic E-state index is 0.258. The fourth-order valence-electron chi connectivity index (χ4n) is 2.34. The predicted molar refractivity (Wildman–Crippen MR) is 109 cm³/mol. The predicted octanol–water partition coefficient (Wildman–Crippen LogP) is 2.86. The maximum absolute atomic E-state index is 11.8. The molecule has 1 unspecified atom stereocenters. The summed E-state index contributed by atoms with van der Waals surface area (Å²) in [6, 6.07) is 7.11. The molecular formula is C19H34N4O2S. The van der Waals surface area contributed by atoms with E-state index in [-0.39, 0.29) is 4.90 Å². The van der Waals surface area contributed by atoms with E-state index >= 15 is 0 Å². The summed E-state index contributed by atoms with van der Waals surface area (Å²) in [6.45, 7) is 12.2. The van der Waals surface area contributed by atoms with Crippen molar-refractivity contribution >= 4 is 16.0 Å². The van der Waals surface area contributed by atoms with Gasteiger partial charge in [-0.05, 0) is 56.8 Å². The minimum Gasteiger partial charge on any atom is -0.357 e. The number of sulfonamides is 1. The van der Waals surface area contributed by atoms with Crippen LogP contribution in [0.4, 0.5) is 0 Å². The Kier molecular flexibility index (Phi) is 8.56. The molecule has 0 amide bonds. The molecule has 1 aromatic carbocycles. The molecule has 0 aliphatic heterocycles. The highest BCUT2D eigenvalue weighted by molar-refractivity contribution is 7.89. The molecule has 0 aliphatic rings. The van der Waals surface area contributed by atoms with Crippen LogP contribution in [0.5, 0.6) is 0 Å². The van der Waals surface area contributed by atoms with E-state index in [0.29, 0.717) is 18.0 Å². The summed E-state index contributed by atoms with van der Waals surface area (Å²) >= 11 is 0. The summed E-state index contributed by atoms with van der Waals surface area (Å²) in [5.74, 6) is 0.779. The Labute approximate surface area is 158 Å². The summed E-state index contributed by atoms with van der Waals surface area (Å²) in [7, 11) is -1.99.